The molecule has 0 spiro atoms. The average Bonchev–Trinajstić information content (AvgIpc) is 2.87. The van der Waals surface area contributed by atoms with Gasteiger partial charge in [0.05, 0.1) is 16.7 Å². The SMILES string of the molecule is O=C(Nc1cc2cccnc2c2ncccc12)C(F)(F)C(F)(F)C(F)(F)C(F)(F)C(F)(F)C(F)(F)C(F)(F)C(F)(F)F. The molecule has 1 amide bonds. The van der Waals surface area contributed by atoms with Crippen LogP contribution < -0.4 is 5.32 Å². The first kappa shape index (κ1) is 32.8. The molecule has 0 aliphatic carbocycles. The summed E-state index contributed by atoms with van der Waals surface area (Å²) in [5, 5.41) is 0.434. The van der Waals surface area contributed by atoms with E-state index in [0.29, 0.717) is 6.07 Å². The number of rotatable bonds is 8. The fourth-order valence-electron chi connectivity index (χ4n) is 3.39. The summed E-state index contributed by atoms with van der Waals surface area (Å²) >= 11 is 0. The van der Waals surface area contributed by atoms with E-state index in [-0.39, 0.29) is 16.4 Å². The Morgan fingerprint density at radius 2 is 1.00 bits per heavy atom. The molecular formula is C21H8F17N3O. The number of nitrogens with zero attached hydrogens (tertiary/aromatic N) is 2. The smallest absolute Gasteiger partial charge is 0.320 e. The van der Waals surface area contributed by atoms with E-state index in [1.54, 1.807) is 0 Å². The second-order valence-corrected chi connectivity index (χ2v) is 8.37. The Kier molecular flexibility index (Phi) is 7.36. The van der Waals surface area contributed by atoms with Crippen LogP contribution in [0.3, 0.4) is 0 Å². The molecule has 3 aromatic rings. The third-order valence-corrected chi connectivity index (χ3v) is 5.72. The number of hydrogen-bond acceptors (Lipinski definition) is 3. The number of nitrogens with one attached hydrogen (secondary N) is 1. The van der Waals surface area contributed by atoms with Crippen molar-refractivity contribution in [2.45, 2.75) is 47.6 Å². The highest BCUT2D eigenvalue weighted by Gasteiger charge is 2.95. The summed E-state index contributed by atoms with van der Waals surface area (Å²) in [6, 6.07) is 5.12. The van der Waals surface area contributed by atoms with Gasteiger partial charge >= 0.3 is 53.5 Å². The van der Waals surface area contributed by atoms with Gasteiger partial charge in [0.15, 0.2) is 0 Å². The molecule has 0 unspecified atom stereocenters. The van der Waals surface area contributed by atoms with Crippen LogP contribution in [0.15, 0.2) is 42.7 Å². The van der Waals surface area contributed by atoms with Gasteiger partial charge in [0, 0.05) is 23.2 Å². The molecule has 0 aliphatic rings. The number of hydrogen-bond donors (Lipinski definition) is 1. The van der Waals surface area contributed by atoms with Gasteiger partial charge in [-0.3, -0.25) is 14.8 Å². The molecule has 3 rings (SSSR count). The van der Waals surface area contributed by atoms with E-state index < -0.39 is 64.6 Å². The Morgan fingerprint density at radius 1 is 0.571 bits per heavy atom. The maximum absolute atomic E-state index is 14.4. The number of pyridine rings is 2. The lowest BCUT2D eigenvalue weighted by atomic mass is 9.88. The summed E-state index contributed by atoms with van der Waals surface area (Å²) in [7, 11) is 0. The standard InChI is InChI=1S/C21H8F17N3O/c22-14(23,13(42)41-10-7-8-3-1-5-39-11(8)12-9(10)4-2-6-40-12)15(24,25)16(26,27)17(28,29)18(30,31)19(32,33)20(34,35)21(36,37)38/h1-7H,(H,41,42). The Bertz CT molecular complexity index is 1520. The first-order valence-corrected chi connectivity index (χ1v) is 10.4. The highest BCUT2D eigenvalue weighted by atomic mass is 19.4. The van der Waals surface area contributed by atoms with Crippen LogP contribution in [0.5, 0.6) is 0 Å². The Labute approximate surface area is 219 Å². The van der Waals surface area contributed by atoms with E-state index in [0.717, 1.165) is 23.6 Å². The van der Waals surface area contributed by atoms with Gasteiger partial charge in [-0.05, 0) is 24.3 Å². The highest BCUT2D eigenvalue weighted by Crippen LogP contribution is 2.64. The molecule has 0 atom stereocenters. The maximum atomic E-state index is 14.4. The van der Waals surface area contributed by atoms with Crippen molar-refractivity contribution in [3.8, 4) is 0 Å². The number of carbonyl (C=O) groups is 1. The van der Waals surface area contributed by atoms with Crippen LogP contribution in [0, 0.1) is 0 Å². The van der Waals surface area contributed by atoms with Crippen molar-refractivity contribution in [1.29, 1.82) is 0 Å². The minimum absolute atomic E-state index is 0.00631. The first-order chi connectivity index (χ1) is 18.7. The number of halogens is 17. The predicted octanol–water partition coefficient (Wildman–Crippen LogP) is 7.73. The third kappa shape index (κ3) is 4.24. The zero-order valence-corrected chi connectivity index (χ0v) is 19.3. The van der Waals surface area contributed by atoms with Crippen LogP contribution in [0.4, 0.5) is 80.3 Å². The van der Waals surface area contributed by atoms with Gasteiger partial charge in [0.2, 0.25) is 0 Å². The van der Waals surface area contributed by atoms with Crippen LogP contribution in [-0.2, 0) is 4.79 Å². The van der Waals surface area contributed by atoms with Gasteiger partial charge in [0.25, 0.3) is 0 Å². The lowest BCUT2D eigenvalue weighted by Crippen LogP contribution is -2.75. The Hall–Kier alpha value is -3.68. The molecule has 21 heteroatoms. The lowest BCUT2D eigenvalue weighted by molar-refractivity contribution is -0.459. The molecule has 42 heavy (non-hydrogen) atoms. The van der Waals surface area contributed by atoms with E-state index in [1.165, 1.54) is 18.3 Å². The van der Waals surface area contributed by atoms with Crippen LogP contribution in [0.25, 0.3) is 21.8 Å². The van der Waals surface area contributed by atoms with E-state index in [4.69, 9.17) is 0 Å². The van der Waals surface area contributed by atoms with E-state index >= 15 is 0 Å². The number of benzene rings is 1. The summed E-state index contributed by atoms with van der Waals surface area (Å²) in [6.07, 6.45) is -5.59. The second kappa shape index (κ2) is 9.41. The van der Waals surface area contributed by atoms with Crippen LogP contribution in [-0.4, -0.2) is 63.5 Å². The van der Waals surface area contributed by atoms with Crippen molar-refractivity contribution in [3.05, 3.63) is 42.7 Å². The fraction of sp³-hybridized carbons (Fsp3) is 0.381. The van der Waals surface area contributed by atoms with Crippen LogP contribution in [0.1, 0.15) is 0 Å². The highest BCUT2D eigenvalue weighted by molar-refractivity contribution is 6.12. The largest absolute Gasteiger partial charge is 0.460 e. The topological polar surface area (TPSA) is 54.9 Å². The van der Waals surface area contributed by atoms with Crippen molar-refractivity contribution < 1.29 is 79.4 Å². The molecule has 2 heterocycles. The number of amides is 1. The van der Waals surface area contributed by atoms with E-state index in [9.17, 15) is 79.4 Å². The molecule has 2 aromatic heterocycles. The van der Waals surface area contributed by atoms with Gasteiger partial charge in [-0.1, -0.05) is 6.07 Å². The van der Waals surface area contributed by atoms with Gasteiger partial charge in [-0.25, -0.2) is 0 Å². The number of anilines is 1. The van der Waals surface area contributed by atoms with Gasteiger partial charge < -0.3 is 5.32 Å². The quantitative estimate of drug-likeness (QED) is 0.203. The van der Waals surface area contributed by atoms with Crippen molar-refractivity contribution in [3.63, 3.8) is 0 Å². The van der Waals surface area contributed by atoms with Crippen molar-refractivity contribution in [1.82, 2.24) is 9.97 Å². The minimum Gasteiger partial charge on any atom is -0.320 e. The fourth-order valence-corrected chi connectivity index (χ4v) is 3.39. The van der Waals surface area contributed by atoms with E-state index in [1.807, 2.05) is 0 Å². The molecular weight excluding hydrogens is 633 g/mol. The van der Waals surface area contributed by atoms with Crippen LogP contribution in [0.2, 0.25) is 0 Å². The zero-order chi connectivity index (χ0) is 32.5. The number of alkyl halides is 17. The molecule has 232 valence electrons. The minimum atomic E-state index is -8.79. The lowest BCUT2D eigenvalue weighted by Gasteiger charge is -2.42. The molecule has 0 aliphatic heterocycles. The molecule has 0 fully saturated rings. The molecule has 0 saturated heterocycles. The first-order valence-electron chi connectivity index (χ1n) is 10.4. The van der Waals surface area contributed by atoms with E-state index in [2.05, 4.69) is 9.97 Å². The molecule has 0 saturated carbocycles. The van der Waals surface area contributed by atoms with Crippen molar-refractivity contribution in [2.75, 3.05) is 5.32 Å². The third-order valence-electron chi connectivity index (χ3n) is 5.72. The Balaban J connectivity index is 2.09. The molecule has 1 N–H and O–H groups in total. The number of carbonyl (C=O) groups excluding carboxylic acids is 1. The van der Waals surface area contributed by atoms with Crippen LogP contribution >= 0.6 is 0 Å². The summed E-state index contributed by atoms with van der Waals surface area (Å²) in [5.41, 5.74) is -1.21. The summed E-state index contributed by atoms with van der Waals surface area (Å²) < 4.78 is 229. The van der Waals surface area contributed by atoms with Crippen molar-refractivity contribution >= 4 is 33.4 Å². The molecule has 4 nitrogen and oxygen atoms in total. The summed E-state index contributed by atoms with van der Waals surface area (Å²) in [4.78, 5) is 19.7. The average molecular weight is 641 g/mol. The van der Waals surface area contributed by atoms with Gasteiger partial charge in [-0.2, -0.15) is 74.6 Å². The summed E-state index contributed by atoms with van der Waals surface area (Å²) in [5.74, 6) is -62.1. The zero-order valence-electron chi connectivity index (χ0n) is 19.3. The van der Waals surface area contributed by atoms with Gasteiger partial charge in [-0.15, -0.1) is 0 Å². The monoisotopic (exact) mass is 641 g/mol. The van der Waals surface area contributed by atoms with Gasteiger partial charge in [0.1, 0.15) is 0 Å². The number of aromatic nitrogens is 2. The summed E-state index contributed by atoms with van der Waals surface area (Å²) in [6.45, 7) is 0. The maximum Gasteiger partial charge on any atom is 0.460 e. The molecule has 1 aromatic carbocycles. The normalized spacial score (nSPS) is 14.9. The second-order valence-electron chi connectivity index (χ2n) is 8.37. The number of fused-ring (bicyclic) bond motifs is 3. The molecule has 0 radical (unpaired) electrons. The predicted molar refractivity (Wildman–Crippen MR) is 106 cm³/mol. The molecule has 0 bridgehead atoms. The Morgan fingerprint density at radius 3 is 1.50 bits per heavy atom. The van der Waals surface area contributed by atoms with Crippen molar-refractivity contribution in [2.24, 2.45) is 0 Å².